The normalized spacial score (nSPS) is 17.1. The monoisotopic (exact) mass is 491 g/mol. The Balaban J connectivity index is 1.69. The van der Waals surface area contributed by atoms with Crippen LogP contribution in [0.5, 0.6) is 5.75 Å². The second-order valence-electron chi connectivity index (χ2n) is 9.81. The molecular weight excluding hydrogens is 462 g/mol. The topological polar surface area (TPSA) is 66.8 Å². The summed E-state index contributed by atoms with van der Waals surface area (Å²) in [6, 6.07) is 27.3. The Morgan fingerprint density at radius 3 is 2.35 bits per heavy atom. The summed E-state index contributed by atoms with van der Waals surface area (Å²) in [5.41, 5.74) is 2.86. The number of benzene rings is 4. The molecule has 1 aliphatic rings. The van der Waals surface area contributed by atoms with Crippen LogP contribution in [-0.4, -0.2) is 23.4 Å². The van der Waals surface area contributed by atoms with E-state index < -0.39 is 17.7 Å². The summed E-state index contributed by atoms with van der Waals surface area (Å²) in [6.45, 7) is 6.68. The van der Waals surface area contributed by atoms with Crippen molar-refractivity contribution in [2.45, 2.75) is 26.8 Å². The van der Waals surface area contributed by atoms with Crippen molar-refractivity contribution < 1.29 is 19.4 Å². The standard InChI is InChI=1S/C32H29NO4/c1-20(2)19-37-25-16-14-23(15-17-25)29-28(30(34)27-13-7-10-22-9-4-5-12-26(22)27)31(35)32(36)33(29)24-11-6-8-21(3)18-24/h4-18,20,29,34H,19H2,1-3H3/b30-28-. The Labute approximate surface area is 216 Å². The average Bonchev–Trinajstić information content (AvgIpc) is 3.17. The van der Waals surface area contributed by atoms with Crippen LogP contribution in [0.1, 0.15) is 36.6 Å². The molecule has 0 bridgehead atoms. The number of hydrogen-bond donors (Lipinski definition) is 1. The van der Waals surface area contributed by atoms with E-state index in [2.05, 4.69) is 13.8 Å². The lowest BCUT2D eigenvalue weighted by Gasteiger charge is -2.26. The van der Waals surface area contributed by atoms with E-state index in [1.165, 1.54) is 4.90 Å². The van der Waals surface area contributed by atoms with E-state index in [0.717, 1.165) is 16.3 Å². The number of amides is 1. The number of aliphatic hydroxyl groups excluding tert-OH is 1. The van der Waals surface area contributed by atoms with Crippen LogP contribution in [0.3, 0.4) is 0 Å². The van der Waals surface area contributed by atoms with Gasteiger partial charge in [0.2, 0.25) is 0 Å². The highest BCUT2D eigenvalue weighted by molar-refractivity contribution is 6.51. The highest BCUT2D eigenvalue weighted by Crippen LogP contribution is 2.43. The molecule has 1 unspecified atom stereocenters. The van der Waals surface area contributed by atoms with Crippen molar-refractivity contribution in [2.24, 2.45) is 5.92 Å². The van der Waals surface area contributed by atoms with Crippen LogP contribution in [0, 0.1) is 12.8 Å². The Hall–Kier alpha value is -4.38. The Kier molecular flexibility index (Phi) is 6.53. The first-order valence-electron chi connectivity index (χ1n) is 12.4. The summed E-state index contributed by atoms with van der Waals surface area (Å²) in [6.07, 6.45) is 0. The molecule has 0 aliphatic carbocycles. The molecule has 0 radical (unpaired) electrons. The van der Waals surface area contributed by atoms with Gasteiger partial charge < -0.3 is 9.84 Å². The zero-order chi connectivity index (χ0) is 26.1. The quantitative estimate of drug-likeness (QED) is 0.183. The fourth-order valence-electron chi connectivity index (χ4n) is 4.78. The summed E-state index contributed by atoms with van der Waals surface area (Å²) >= 11 is 0. The third-order valence-corrected chi connectivity index (χ3v) is 6.55. The van der Waals surface area contributed by atoms with Crippen LogP contribution in [0.25, 0.3) is 16.5 Å². The Bertz CT molecular complexity index is 1510. The zero-order valence-corrected chi connectivity index (χ0v) is 21.1. The van der Waals surface area contributed by atoms with Gasteiger partial charge in [0.15, 0.2) is 0 Å². The minimum absolute atomic E-state index is 0.0682. The number of carbonyl (C=O) groups excluding carboxylic acids is 2. The lowest BCUT2D eigenvalue weighted by molar-refractivity contribution is -0.132. The van der Waals surface area contributed by atoms with E-state index in [1.54, 1.807) is 6.07 Å². The molecule has 1 fully saturated rings. The molecule has 1 N–H and O–H groups in total. The molecule has 4 aromatic rings. The number of hydrogen-bond acceptors (Lipinski definition) is 4. The molecule has 5 rings (SSSR count). The summed E-state index contributed by atoms with van der Waals surface area (Å²) in [5.74, 6) is -0.474. The molecule has 5 nitrogen and oxygen atoms in total. The zero-order valence-electron chi connectivity index (χ0n) is 21.1. The van der Waals surface area contributed by atoms with E-state index in [0.29, 0.717) is 35.1 Å². The summed E-state index contributed by atoms with van der Waals surface area (Å²) in [7, 11) is 0. The second kappa shape index (κ2) is 9.94. The number of anilines is 1. The average molecular weight is 492 g/mol. The summed E-state index contributed by atoms with van der Waals surface area (Å²) in [5, 5.41) is 13.4. The first-order valence-corrected chi connectivity index (χ1v) is 12.4. The molecule has 1 atom stereocenters. The number of nitrogens with zero attached hydrogens (tertiary/aromatic N) is 1. The lowest BCUT2D eigenvalue weighted by Crippen LogP contribution is -2.29. The largest absolute Gasteiger partial charge is 0.507 e. The number of ether oxygens (including phenoxy) is 1. The van der Waals surface area contributed by atoms with Crippen LogP contribution in [0.2, 0.25) is 0 Å². The van der Waals surface area contributed by atoms with Crippen LogP contribution < -0.4 is 9.64 Å². The maximum Gasteiger partial charge on any atom is 0.300 e. The first-order chi connectivity index (χ1) is 17.8. The highest BCUT2D eigenvalue weighted by atomic mass is 16.5. The first kappa shape index (κ1) is 24.3. The van der Waals surface area contributed by atoms with Gasteiger partial charge in [0, 0.05) is 11.3 Å². The van der Waals surface area contributed by atoms with Gasteiger partial charge in [-0.2, -0.15) is 0 Å². The smallest absolute Gasteiger partial charge is 0.300 e. The predicted octanol–water partition coefficient (Wildman–Crippen LogP) is 6.81. The van der Waals surface area contributed by atoms with Gasteiger partial charge in [0.1, 0.15) is 11.5 Å². The van der Waals surface area contributed by atoms with Crippen LogP contribution in [-0.2, 0) is 9.59 Å². The van der Waals surface area contributed by atoms with Gasteiger partial charge in [-0.3, -0.25) is 14.5 Å². The van der Waals surface area contributed by atoms with Gasteiger partial charge in [-0.05, 0) is 59.0 Å². The maximum absolute atomic E-state index is 13.5. The van der Waals surface area contributed by atoms with Gasteiger partial charge in [0.05, 0.1) is 18.2 Å². The van der Waals surface area contributed by atoms with E-state index in [9.17, 15) is 14.7 Å². The van der Waals surface area contributed by atoms with E-state index in [4.69, 9.17) is 4.74 Å². The summed E-state index contributed by atoms with van der Waals surface area (Å²) < 4.78 is 5.84. The van der Waals surface area contributed by atoms with Crippen molar-refractivity contribution >= 4 is 33.9 Å². The van der Waals surface area contributed by atoms with Crippen LogP contribution in [0.4, 0.5) is 5.69 Å². The number of rotatable bonds is 6. The maximum atomic E-state index is 13.5. The molecule has 0 spiro atoms. The van der Waals surface area contributed by atoms with Gasteiger partial charge in [-0.25, -0.2) is 0 Å². The fourth-order valence-corrected chi connectivity index (χ4v) is 4.78. The number of aryl methyl sites for hydroxylation is 1. The van der Waals surface area contributed by atoms with E-state index in [-0.39, 0.29) is 11.3 Å². The van der Waals surface area contributed by atoms with E-state index >= 15 is 0 Å². The Morgan fingerprint density at radius 1 is 0.919 bits per heavy atom. The minimum atomic E-state index is -0.792. The van der Waals surface area contributed by atoms with Gasteiger partial charge >= 0.3 is 0 Å². The molecule has 0 aromatic heterocycles. The second-order valence-corrected chi connectivity index (χ2v) is 9.81. The van der Waals surface area contributed by atoms with Crippen molar-refractivity contribution in [3.8, 4) is 5.75 Å². The number of carbonyl (C=O) groups is 2. The lowest BCUT2D eigenvalue weighted by atomic mass is 9.93. The van der Waals surface area contributed by atoms with Crippen molar-refractivity contribution in [1.82, 2.24) is 0 Å². The molecular formula is C32H29NO4. The van der Waals surface area contributed by atoms with Crippen molar-refractivity contribution in [1.29, 1.82) is 0 Å². The van der Waals surface area contributed by atoms with Gasteiger partial charge in [-0.1, -0.05) is 80.6 Å². The number of fused-ring (bicyclic) bond motifs is 1. The summed E-state index contributed by atoms with van der Waals surface area (Å²) in [4.78, 5) is 28.5. The van der Waals surface area contributed by atoms with Gasteiger partial charge in [-0.15, -0.1) is 0 Å². The molecule has 1 saturated heterocycles. The third-order valence-electron chi connectivity index (χ3n) is 6.55. The number of ketones is 1. The van der Waals surface area contributed by atoms with Crippen LogP contribution >= 0.6 is 0 Å². The predicted molar refractivity (Wildman–Crippen MR) is 147 cm³/mol. The molecule has 37 heavy (non-hydrogen) atoms. The van der Waals surface area contributed by atoms with Gasteiger partial charge in [0.25, 0.3) is 11.7 Å². The van der Waals surface area contributed by atoms with Crippen molar-refractivity contribution in [3.05, 3.63) is 113 Å². The molecule has 1 aliphatic heterocycles. The molecule has 1 heterocycles. The minimum Gasteiger partial charge on any atom is -0.507 e. The van der Waals surface area contributed by atoms with Crippen molar-refractivity contribution in [2.75, 3.05) is 11.5 Å². The fraction of sp³-hybridized carbons (Fsp3) is 0.188. The molecule has 4 aromatic carbocycles. The number of aliphatic hydroxyl groups is 1. The highest BCUT2D eigenvalue weighted by Gasteiger charge is 2.47. The number of Topliss-reactive ketones (excluding diaryl/α,β-unsaturated/α-hetero) is 1. The third kappa shape index (κ3) is 4.60. The SMILES string of the molecule is Cc1cccc(N2C(=O)C(=O)/C(=C(\O)c3cccc4ccccc34)C2c2ccc(OCC(C)C)cc2)c1. The van der Waals surface area contributed by atoms with E-state index in [1.807, 2.05) is 91.9 Å². The molecule has 1 amide bonds. The van der Waals surface area contributed by atoms with Crippen LogP contribution in [0.15, 0.2) is 96.6 Å². The molecule has 5 heteroatoms. The van der Waals surface area contributed by atoms with Crippen molar-refractivity contribution in [3.63, 3.8) is 0 Å². The molecule has 0 saturated carbocycles. The molecule has 186 valence electrons. The Morgan fingerprint density at radius 2 is 1.62 bits per heavy atom.